The fraction of sp³-hybridized carbons (Fsp3) is 0.364. The van der Waals surface area contributed by atoms with Crippen molar-refractivity contribution in [2.24, 2.45) is 11.8 Å². The smallest absolute Gasteiger partial charge is 0.251 e. The van der Waals surface area contributed by atoms with E-state index in [4.69, 9.17) is 0 Å². The maximum Gasteiger partial charge on any atom is 0.251 e. The topological polar surface area (TPSA) is 58.2 Å². The molecule has 4 nitrogen and oxygen atoms in total. The van der Waals surface area contributed by atoms with Crippen LogP contribution in [0.1, 0.15) is 46.4 Å². The monoisotopic (exact) mass is 350 g/mol. The van der Waals surface area contributed by atoms with Crippen LogP contribution in [0, 0.1) is 11.8 Å². The maximum absolute atomic E-state index is 12.2. The van der Waals surface area contributed by atoms with Crippen molar-refractivity contribution >= 4 is 11.8 Å². The van der Waals surface area contributed by atoms with E-state index in [1.165, 1.54) is 0 Å². The van der Waals surface area contributed by atoms with Gasteiger partial charge in [0.2, 0.25) is 0 Å². The van der Waals surface area contributed by atoms with E-state index in [2.05, 4.69) is 10.6 Å². The molecule has 136 valence electrons. The molecule has 1 aliphatic carbocycles. The third-order valence-corrected chi connectivity index (χ3v) is 5.07. The Hall–Kier alpha value is -2.62. The second-order valence-electron chi connectivity index (χ2n) is 7.05. The highest BCUT2D eigenvalue weighted by atomic mass is 16.2. The minimum absolute atomic E-state index is 0.00916. The molecule has 0 spiro atoms. The zero-order chi connectivity index (χ0) is 18.2. The van der Waals surface area contributed by atoms with E-state index >= 15 is 0 Å². The van der Waals surface area contributed by atoms with Gasteiger partial charge >= 0.3 is 0 Å². The predicted molar refractivity (Wildman–Crippen MR) is 103 cm³/mol. The van der Waals surface area contributed by atoms with Crippen LogP contribution in [0.15, 0.2) is 60.7 Å². The lowest BCUT2D eigenvalue weighted by Gasteiger charge is -2.29. The van der Waals surface area contributed by atoms with Crippen LogP contribution in [0.3, 0.4) is 0 Å². The predicted octanol–water partition coefficient (Wildman–Crippen LogP) is 3.65. The number of hydrogen-bond acceptors (Lipinski definition) is 2. The van der Waals surface area contributed by atoms with Crippen LogP contribution in [-0.2, 0) is 0 Å². The summed E-state index contributed by atoms with van der Waals surface area (Å²) in [6.07, 6.45) is 4.47. The first-order chi connectivity index (χ1) is 12.7. The molecule has 26 heavy (non-hydrogen) atoms. The molecule has 2 aromatic rings. The van der Waals surface area contributed by atoms with E-state index in [1.807, 2.05) is 60.7 Å². The molecule has 0 bridgehead atoms. The van der Waals surface area contributed by atoms with Crippen molar-refractivity contribution in [3.8, 4) is 0 Å². The summed E-state index contributed by atoms with van der Waals surface area (Å²) >= 11 is 0. The molecule has 0 radical (unpaired) electrons. The number of rotatable bonds is 6. The molecule has 0 unspecified atom stereocenters. The fourth-order valence-electron chi connectivity index (χ4n) is 3.63. The van der Waals surface area contributed by atoms with Crippen LogP contribution in [0.4, 0.5) is 0 Å². The summed E-state index contributed by atoms with van der Waals surface area (Å²) in [4.78, 5) is 24.3. The van der Waals surface area contributed by atoms with E-state index in [-0.39, 0.29) is 11.8 Å². The van der Waals surface area contributed by atoms with Gasteiger partial charge in [-0.2, -0.15) is 0 Å². The van der Waals surface area contributed by atoms with Crippen molar-refractivity contribution in [2.45, 2.75) is 25.7 Å². The van der Waals surface area contributed by atoms with Crippen molar-refractivity contribution in [3.05, 3.63) is 71.8 Å². The van der Waals surface area contributed by atoms with Crippen LogP contribution in [0.5, 0.6) is 0 Å². The molecule has 2 amide bonds. The summed E-state index contributed by atoms with van der Waals surface area (Å²) < 4.78 is 0. The summed E-state index contributed by atoms with van der Waals surface area (Å²) in [5.41, 5.74) is 1.41. The van der Waals surface area contributed by atoms with E-state index in [0.717, 1.165) is 25.7 Å². The molecule has 4 heteroatoms. The Morgan fingerprint density at radius 1 is 0.731 bits per heavy atom. The van der Waals surface area contributed by atoms with Gasteiger partial charge in [0, 0.05) is 24.2 Å². The third-order valence-electron chi connectivity index (χ3n) is 5.07. The lowest BCUT2D eigenvalue weighted by Crippen LogP contribution is -2.35. The molecular formula is C22H26N2O2. The molecule has 0 aliphatic heterocycles. The molecule has 0 saturated heterocycles. The first-order valence-corrected chi connectivity index (χ1v) is 9.39. The van der Waals surface area contributed by atoms with Crippen LogP contribution in [-0.4, -0.2) is 24.9 Å². The molecular weight excluding hydrogens is 324 g/mol. The summed E-state index contributed by atoms with van der Waals surface area (Å²) in [7, 11) is 0. The highest BCUT2D eigenvalue weighted by Gasteiger charge is 2.23. The molecule has 3 rings (SSSR count). The maximum atomic E-state index is 12.2. The molecule has 1 saturated carbocycles. The second kappa shape index (κ2) is 9.18. The largest absolute Gasteiger partial charge is 0.352 e. The van der Waals surface area contributed by atoms with Gasteiger partial charge in [0.05, 0.1) is 0 Å². The number of carbonyl (C=O) groups is 2. The van der Waals surface area contributed by atoms with Crippen molar-refractivity contribution in [1.29, 1.82) is 0 Å². The number of hydrogen-bond donors (Lipinski definition) is 2. The fourth-order valence-corrected chi connectivity index (χ4v) is 3.63. The molecule has 0 aromatic heterocycles. The summed E-state index contributed by atoms with van der Waals surface area (Å²) in [5.74, 6) is 0.945. The standard InChI is InChI=1S/C22H26N2O2/c25-21(19-10-3-1-4-11-19)23-15-17-8-7-9-18(14-17)16-24-22(26)20-12-5-2-6-13-20/h1-6,10-13,17-18H,7-9,14-16H2,(H,23,25)(H,24,26)/t17-,18-/m0/s1. The molecule has 0 heterocycles. The average Bonchev–Trinajstić information content (AvgIpc) is 2.72. The van der Waals surface area contributed by atoms with Gasteiger partial charge in [-0.15, -0.1) is 0 Å². The van der Waals surface area contributed by atoms with Gasteiger partial charge < -0.3 is 10.6 Å². The molecule has 2 N–H and O–H groups in total. The van der Waals surface area contributed by atoms with E-state index < -0.39 is 0 Å². The second-order valence-corrected chi connectivity index (χ2v) is 7.05. The molecule has 1 fully saturated rings. The van der Waals surface area contributed by atoms with E-state index in [1.54, 1.807) is 0 Å². The van der Waals surface area contributed by atoms with Crippen molar-refractivity contribution in [3.63, 3.8) is 0 Å². The van der Waals surface area contributed by atoms with Gasteiger partial charge in [0.25, 0.3) is 11.8 Å². The number of benzene rings is 2. The highest BCUT2D eigenvalue weighted by molar-refractivity contribution is 5.94. The summed E-state index contributed by atoms with van der Waals surface area (Å²) in [5, 5.41) is 6.11. The van der Waals surface area contributed by atoms with Crippen LogP contribution in [0.25, 0.3) is 0 Å². The minimum Gasteiger partial charge on any atom is -0.352 e. The SMILES string of the molecule is O=C(NC[C@H]1CCC[C@H](CNC(=O)c2ccccc2)C1)c1ccccc1. The molecule has 1 aliphatic rings. The van der Waals surface area contributed by atoms with E-state index in [0.29, 0.717) is 36.1 Å². The Kier molecular flexibility index (Phi) is 6.42. The zero-order valence-electron chi connectivity index (χ0n) is 15.0. The first-order valence-electron chi connectivity index (χ1n) is 9.39. The summed E-state index contributed by atoms with van der Waals surface area (Å²) in [6.45, 7) is 1.41. The van der Waals surface area contributed by atoms with Gasteiger partial charge in [-0.25, -0.2) is 0 Å². The lowest BCUT2D eigenvalue weighted by molar-refractivity contribution is 0.0935. The Morgan fingerprint density at radius 2 is 1.15 bits per heavy atom. The Morgan fingerprint density at radius 3 is 1.58 bits per heavy atom. The number of amides is 2. The zero-order valence-corrected chi connectivity index (χ0v) is 15.0. The third kappa shape index (κ3) is 5.19. The van der Waals surface area contributed by atoms with Crippen molar-refractivity contribution < 1.29 is 9.59 Å². The van der Waals surface area contributed by atoms with Crippen LogP contribution >= 0.6 is 0 Å². The summed E-state index contributed by atoms with van der Waals surface area (Å²) in [6, 6.07) is 18.6. The molecule has 2 atom stereocenters. The minimum atomic E-state index is -0.00916. The van der Waals surface area contributed by atoms with Gasteiger partial charge in [0.1, 0.15) is 0 Å². The Labute approximate surface area is 155 Å². The van der Waals surface area contributed by atoms with Gasteiger partial charge in [0.15, 0.2) is 0 Å². The van der Waals surface area contributed by atoms with Gasteiger partial charge in [-0.05, 0) is 55.4 Å². The normalized spacial score (nSPS) is 19.5. The Bertz CT molecular complexity index is 654. The number of carbonyl (C=O) groups excluding carboxylic acids is 2. The molecule has 2 aromatic carbocycles. The van der Waals surface area contributed by atoms with Crippen molar-refractivity contribution in [2.75, 3.05) is 13.1 Å². The van der Waals surface area contributed by atoms with Gasteiger partial charge in [-0.3, -0.25) is 9.59 Å². The quantitative estimate of drug-likeness (QED) is 0.835. The first kappa shape index (κ1) is 18.2. The number of nitrogens with one attached hydrogen (secondary N) is 2. The average molecular weight is 350 g/mol. The van der Waals surface area contributed by atoms with E-state index in [9.17, 15) is 9.59 Å². The van der Waals surface area contributed by atoms with Crippen molar-refractivity contribution in [1.82, 2.24) is 10.6 Å². The van der Waals surface area contributed by atoms with Crippen LogP contribution in [0.2, 0.25) is 0 Å². The van der Waals surface area contributed by atoms with Gasteiger partial charge in [-0.1, -0.05) is 42.8 Å². The van der Waals surface area contributed by atoms with Crippen LogP contribution < -0.4 is 10.6 Å². The lowest BCUT2D eigenvalue weighted by atomic mass is 9.81. The Balaban J connectivity index is 1.42. The highest BCUT2D eigenvalue weighted by Crippen LogP contribution is 2.28.